The monoisotopic (exact) mass is 462 g/mol. The van der Waals surface area contributed by atoms with Crippen LogP contribution in [0.15, 0.2) is 78.9 Å². The van der Waals surface area contributed by atoms with Crippen LogP contribution < -0.4 is 4.74 Å². The molecule has 0 unspecified atom stereocenters. The molecule has 0 spiro atoms. The highest BCUT2D eigenvalue weighted by molar-refractivity contribution is 5.94. The molecule has 3 aromatic carbocycles. The predicted molar refractivity (Wildman–Crippen MR) is 130 cm³/mol. The number of halogens is 1. The maximum atomic E-state index is 14.4. The van der Waals surface area contributed by atoms with Crippen LogP contribution in [0.5, 0.6) is 5.75 Å². The molecule has 0 bridgehead atoms. The number of benzene rings is 3. The van der Waals surface area contributed by atoms with E-state index in [4.69, 9.17) is 9.47 Å². The Hall–Kier alpha value is -3.22. The van der Waals surface area contributed by atoms with Gasteiger partial charge in [0.25, 0.3) is 5.91 Å². The molecule has 6 heteroatoms. The van der Waals surface area contributed by atoms with Crippen LogP contribution in [0.4, 0.5) is 4.39 Å². The van der Waals surface area contributed by atoms with Crippen LogP contribution in [0.2, 0.25) is 0 Å². The van der Waals surface area contributed by atoms with Crippen LogP contribution in [0, 0.1) is 5.82 Å². The Morgan fingerprint density at radius 1 is 0.941 bits per heavy atom. The molecule has 0 N–H and O–H groups in total. The molecule has 0 aliphatic carbocycles. The second kappa shape index (κ2) is 12.3. The topological polar surface area (TPSA) is 42.0 Å². The Labute approximate surface area is 200 Å². The van der Waals surface area contributed by atoms with Crippen LogP contribution in [-0.2, 0) is 17.9 Å². The van der Waals surface area contributed by atoms with Gasteiger partial charge in [-0.2, -0.15) is 0 Å². The van der Waals surface area contributed by atoms with Gasteiger partial charge in [-0.3, -0.25) is 9.69 Å². The minimum atomic E-state index is -0.495. The Balaban J connectivity index is 1.43. The van der Waals surface area contributed by atoms with Crippen LogP contribution in [0.1, 0.15) is 27.9 Å². The molecule has 1 aliphatic rings. The van der Waals surface area contributed by atoms with Crippen LogP contribution in [0.25, 0.3) is 0 Å². The van der Waals surface area contributed by atoms with Gasteiger partial charge >= 0.3 is 0 Å². The van der Waals surface area contributed by atoms with Gasteiger partial charge in [-0.1, -0.05) is 54.6 Å². The summed E-state index contributed by atoms with van der Waals surface area (Å²) in [5, 5.41) is 0. The van der Waals surface area contributed by atoms with Crippen molar-refractivity contribution in [1.82, 2.24) is 9.80 Å². The lowest BCUT2D eigenvalue weighted by Crippen LogP contribution is -2.39. The third-order valence-corrected chi connectivity index (χ3v) is 5.92. The highest BCUT2D eigenvalue weighted by atomic mass is 19.1. The van der Waals surface area contributed by atoms with E-state index in [1.165, 1.54) is 6.07 Å². The minimum Gasteiger partial charge on any atom is -0.489 e. The van der Waals surface area contributed by atoms with Crippen molar-refractivity contribution in [3.05, 3.63) is 101 Å². The molecule has 34 heavy (non-hydrogen) atoms. The molecule has 1 fully saturated rings. The van der Waals surface area contributed by atoms with Gasteiger partial charge in [0.15, 0.2) is 0 Å². The molecule has 0 aromatic heterocycles. The molecule has 1 heterocycles. The van der Waals surface area contributed by atoms with Gasteiger partial charge in [0, 0.05) is 32.7 Å². The van der Waals surface area contributed by atoms with E-state index in [-0.39, 0.29) is 11.5 Å². The summed E-state index contributed by atoms with van der Waals surface area (Å²) in [7, 11) is 0. The molecular weight excluding hydrogens is 431 g/mol. The zero-order valence-corrected chi connectivity index (χ0v) is 19.4. The third-order valence-electron chi connectivity index (χ3n) is 5.92. The van der Waals surface area contributed by atoms with E-state index >= 15 is 0 Å². The summed E-state index contributed by atoms with van der Waals surface area (Å²) >= 11 is 0. The van der Waals surface area contributed by atoms with E-state index in [1.54, 1.807) is 23.1 Å². The molecule has 0 atom stereocenters. The zero-order chi connectivity index (χ0) is 23.6. The number of hydrogen-bond acceptors (Lipinski definition) is 4. The normalized spacial score (nSPS) is 14.0. The second-order valence-corrected chi connectivity index (χ2v) is 8.44. The lowest BCUT2D eigenvalue weighted by molar-refractivity contribution is 0.0355. The van der Waals surface area contributed by atoms with Gasteiger partial charge in [0.2, 0.25) is 0 Å². The highest BCUT2D eigenvalue weighted by Crippen LogP contribution is 2.19. The first-order chi connectivity index (χ1) is 16.7. The molecule has 1 aliphatic heterocycles. The number of ether oxygens (including phenoxy) is 2. The summed E-state index contributed by atoms with van der Waals surface area (Å²) in [5.41, 5.74) is 2.14. The summed E-state index contributed by atoms with van der Waals surface area (Å²) in [6, 6.07) is 23.9. The fourth-order valence-electron chi connectivity index (χ4n) is 4.06. The van der Waals surface area contributed by atoms with Gasteiger partial charge in [-0.15, -0.1) is 0 Å². The lowest BCUT2D eigenvalue weighted by atomic mass is 10.1. The average molecular weight is 463 g/mol. The molecule has 5 nitrogen and oxygen atoms in total. The van der Waals surface area contributed by atoms with Crippen molar-refractivity contribution in [3.63, 3.8) is 0 Å². The molecule has 0 radical (unpaired) electrons. The number of nitrogens with zero attached hydrogens (tertiary/aromatic N) is 2. The van der Waals surface area contributed by atoms with Gasteiger partial charge in [-0.05, 0) is 41.8 Å². The zero-order valence-electron chi connectivity index (χ0n) is 19.4. The van der Waals surface area contributed by atoms with Crippen molar-refractivity contribution < 1.29 is 18.7 Å². The van der Waals surface area contributed by atoms with E-state index in [0.29, 0.717) is 19.7 Å². The van der Waals surface area contributed by atoms with Gasteiger partial charge in [0.1, 0.15) is 18.2 Å². The standard InChI is InChI=1S/C28H31FN2O3/c29-27-13-5-4-12-26(27)28(32)31(15-7-14-30-16-18-33-19-17-30)21-24-10-6-11-25(20-24)34-22-23-8-2-1-3-9-23/h1-6,8-13,20H,7,14-19,21-22H2. The minimum absolute atomic E-state index is 0.102. The number of carbonyl (C=O) groups is 1. The van der Waals surface area contributed by atoms with E-state index in [9.17, 15) is 9.18 Å². The lowest BCUT2D eigenvalue weighted by Gasteiger charge is -2.28. The Morgan fingerprint density at radius 3 is 2.47 bits per heavy atom. The van der Waals surface area contributed by atoms with E-state index < -0.39 is 5.82 Å². The van der Waals surface area contributed by atoms with Gasteiger partial charge in [0.05, 0.1) is 18.8 Å². The number of hydrogen-bond donors (Lipinski definition) is 0. The van der Waals surface area contributed by atoms with Crippen LogP contribution >= 0.6 is 0 Å². The maximum absolute atomic E-state index is 14.4. The van der Waals surface area contributed by atoms with Crippen LogP contribution in [0.3, 0.4) is 0 Å². The van der Waals surface area contributed by atoms with Crippen molar-refractivity contribution >= 4 is 5.91 Å². The average Bonchev–Trinajstić information content (AvgIpc) is 2.88. The van der Waals surface area contributed by atoms with Crippen molar-refractivity contribution in [1.29, 1.82) is 0 Å². The summed E-state index contributed by atoms with van der Waals surface area (Å²) in [5.74, 6) is -0.0470. The Morgan fingerprint density at radius 2 is 1.68 bits per heavy atom. The van der Waals surface area contributed by atoms with Crippen molar-refractivity contribution in [2.75, 3.05) is 39.4 Å². The number of carbonyl (C=O) groups excluding carboxylic acids is 1. The molecule has 178 valence electrons. The van der Waals surface area contributed by atoms with E-state index in [2.05, 4.69) is 4.90 Å². The maximum Gasteiger partial charge on any atom is 0.257 e. The van der Waals surface area contributed by atoms with E-state index in [1.807, 2.05) is 54.6 Å². The molecule has 1 amide bonds. The fourth-order valence-corrected chi connectivity index (χ4v) is 4.06. The molecule has 3 aromatic rings. The summed E-state index contributed by atoms with van der Waals surface area (Å²) in [6.45, 7) is 5.58. The Bertz CT molecular complexity index is 1050. The predicted octanol–water partition coefficient (Wildman–Crippen LogP) is 4.77. The fraction of sp³-hybridized carbons (Fsp3) is 0.321. The first kappa shape index (κ1) is 23.9. The first-order valence-electron chi connectivity index (χ1n) is 11.8. The molecule has 0 saturated carbocycles. The summed E-state index contributed by atoms with van der Waals surface area (Å²) in [6.07, 6.45) is 0.810. The smallest absolute Gasteiger partial charge is 0.257 e. The van der Waals surface area contributed by atoms with Crippen molar-refractivity contribution in [3.8, 4) is 5.75 Å². The van der Waals surface area contributed by atoms with Crippen molar-refractivity contribution in [2.45, 2.75) is 19.6 Å². The highest BCUT2D eigenvalue weighted by Gasteiger charge is 2.20. The largest absolute Gasteiger partial charge is 0.489 e. The number of amides is 1. The molecule has 4 rings (SSSR count). The second-order valence-electron chi connectivity index (χ2n) is 8.44. The van der Waals surface area contributed by atoms with Crippen LogP contribution in [-0.4, -0.2) is 55.1 Å². The quantitative estimate of drug-likeness (QED) is 0.435. The number of rotatable bonds is 10. The van der Waals surface area contributed by atoms with Crippen molar-refractivity contribution in [2.24, 2.45) is 0 Å². The number of morpholine rings is 1. The molecule has 1 saturated heterocycles. The van der Waals surface area contributed by atoms with Gasteiger partial charge < -0.3 is 14.4 Å². The third kappa shape index (κ3) is 6.89. The SMILES string of the molecule is O=C(c1ccccc1F)N(CCCN1CCOCC1)Cc1cccc(OCc2ccccc2)c1. The summed E-state index contributed by atoms with van der Waals surface area (Å²) < 4.78 is 25.8. The Kier molecular flexibility index (Phi) is 8.65. The first-order valence-corrected chi connectivity index (χ1v) is 11.8. The molecular formula is C28H31FN2O3. The summed E-state index contributed by atoms with van der Waals surface area (Å²) in [4.78, 5) is 17.3. The van der Waals surface area contributed by atoms with Gasteiger partial charge in [-0.25, -0.2) is 4.39 Å². The van der Waals surface area contributed by atoms with E-state index in [0.717, 1.165) is 56.1 Å².